The van der Waals surface area contributed by atoms with Crippen LogP contribution in [0.5, 0.6) is 0 Å². The van der Waals surface area contributed by atoms with Crippen LogP contribution in [0.3, 0.4) is 0 Å². The predicted octanol–water partition coefficient (Wildman–Crippen LogP) is 2.09. The highest BCUT2D eigenvalue weighted by Gasteiger charge is 2.10. The molecule has 1 N–H and O–H groups in total. The second-order valence-electron chi connectivity index (χ2n) is 3.31. The molecule has 0 aromatic rings. The number of hydrogen-bond donors (Lipinski definition) is 1. The van der Waals surface area contributed by atoms with Crippen LogP contribution in [-0.2, 0) is 9.59 Å². The van der Waals surface area contributed by atoms with Gasteiger partial charge in [-0.2, -0.15) is 0 Å². The standard InChI is InChI=1S/C11H14O3/c12-10-7-4-6-9(10)5-2-1-3-8-11(13)14/h2,5-6H,1,3-4,7-8H2,(H,13,14). The average molecular weight is 194 g/mol. The van der Waals surface area contributed by atoms with Crippen LogP contribution in [0, 0.1) is 0 Å². The second kappa shape index (κ2) is 5.37. The van der Waals surface area contributed by atoms with E-state index in [2.05, 4.69) is 0 Å². The van der Waals surface area contributed by atoms with Crippen LogP contribution in [0.25, 0.3) is 0 Å². The van der Waals surface area contributed by atoms with Gasteiger partial charge in [0, 0.05) is 18.4 Å². The molecule has 0 radical (unpaired) electrons. The molecule has 0 saturated carbocycles. The van der Waals surface area contributed by atoms with Crippen molar-refractivity contribution in [3.05, 3.63) is 23.8 Å². The normalized spacial score (nSPS) is 16.3. The minimum atomic E-state index is -0.769. The van der Waals surface area contributed by atoms with Gasteiger partial charge in [-0.05, 0) is 19.3 Å². The van der Waals surface area contributed by atoms with Crippen molar-refractivity contribution in [2.24, 2.45) is 0 Å². The summed E-state index contributed by atoms with van der Waals surface area (Å²) in [7, 11) is 0. The van der Waals surface area contributed by atoms with Gasteiger partial charge in [0.25, 0.3) is 0 Å². The Morgan fingerprint density at radius 1 is 1.57 bits per heavy atom. The molecule has 0 fully saturated rings. The third kappa shape index (κ3) is 3.56. The third-order valence-electron chi connectivity index (χ3n) is 2.12. The molecule has 1 aliphatic rings. The van der Waals surface area contributed by atoms with Gasteiger partial charge in [0.1, 0.15) is 0 Å². The Balaban J connectivity index is 2.20. The summed E-state index contributed by atoms with van der Waals surface area (Å²) < 4.78 is 0. The zero-order valence-corrected chi connectivity index (χ0v) is 8.03. The number of Topliss-reactive ketones (excluding diaryl/α,β-unsaturated/α-hetero) is 1. The zero-order chi connectivity index (χ0) is 10.4. The lowest BCUT2D eigenvalue weighted by atomic mass is 10.1. The number of ketones is 1. The highest BCUT2D eigenvalue weighted by Crippen LogP contribution is 2.15. The van der Waals surface area contributed by atoms with Gasteiger partial charge in [-0.1, -0.05) is 18.2 Å². The minimum absolute atomic E-state index is 0.192. The molecule has 0 bridgehead atoms. The maximum absolute atomic E-state index is 11.1. The van der Waals surface area contributed by atoms with E-state index in [1.165, 1.54) is 0 Å². The fourth-order valence-corrected chi connectivity index (χ4v) is 1.36. The number of aliphatic carboxylic acids is 1. The van der Waals surface area contributed by atoms with E-state index >= 15 is 0 Å². The number of rotatable bonds is 5. The first kappa shape index (κ1) is 10.7. The number of allylic oxidation sites excluding steroid dienone is 4. The van der Waals surface area contributed by atoms with Crippen molar-refractivity contribution in [3.8, 4) is 0 Å². The third-order valence-corrected chi connectivity index (χ3v) is 2.12. The lowest BCUT2D eigenvalue weighted by Crippen LogP contribution is -1.93. The quantitative estimate of drug-likeness (QED) is 0.682. The van der Waals surface area contributed by atoms with Crippen molar-refractivity contribution in [2.45, 2.75) is 32.1 Å². The van der Waals surface area contributed by atoms with Crippen LogP contribution in [0.2, 0.25) is 0 Å². The van der Waals surface area contributed by atoms with Gasteiger partial charge in [0.15, 0.2) is 5.78 Å². The summed E-state index contributed by atoms with van der Waals surface area (Å²) in [6, 6.07) is 0. The molecule has 0 unspecified atom stereocenters. The van der Waals surface area contributed by atoms with Crippen molar-refractivity contribution in [1.29, 1.82) is 0 Å². The van der Waals surface area contributed by atoms with E-state index in [9.17, 15) is 9.59 Å². The highest BCUT2D eigenvalue weighted by atomic mass is 16.4. The maximum Gasteiger partial charge on any atom is 0.303 e. The lowest BCUT2D eigenvalue weighted by Gasteiger charge is -1.92. The molecule has 14 heavy (non-hydrogen) atoms. The van der Waals surface area contributed by atoms with Gasteiger partial charge in [-0.25, -0.2) is 0 Å². The molecular formula is C11H14O3. The highest BCUT2D eigenvalue weighted by molar-refractivity contribution is 6.00. The fourth-order valence-electron chi connectivity index (χ4n) is 1.36. The van der Waals surface area contributed by atoms with Gasteiger partial charge in [0.05, 0.1) is 0 Å². The number of carbonyl (C=O) groups is 2. The number of hydrogen-bond acceptors (Lipinski definition) is 2. The molecular weight excluding hydrogens is 180 g/mol. The molecule has 0 amide bonds. The van der Waals surface area contributed by atoms with Crippen molar-refractivity contribution in [3.63, 3.8) is 0 Å². The largest absolute Gasteiger partial charge is 0.481 e. The Morgan fingerprint density at radius 3 is 2.93 bits per heavy atom. The monoisotopic (exact) mass is 194 g/mol. The first-order valence-corrected chi connectivity index (χ1v) is 4.82. The summed E-state index contributed by atoms with van der Waals surface area (Å²) in [5.41, 5.74) is 0.778. The average Bonchev–Trinajstić information content (AvgIpc) is 2.51. The Hall–Kier alpha value is -1.38. The van der Waals surface area contributed by atoms with E-state index in [0.29, 0.717) is 12.8 Å². The summed E-state index contributed by atoms with van der Waals surface area (Å²) >= 11 is 0. The van der Waals surface area contributed by atoms with Gasteiger partial charge < -0.3 is 5.11 Å². The van der Waals surface area contributed by atoms with Crippen molar-refractivity contribution in [2.75, 3.05) is 0 Å². The molecule has 0 aromatic carbocycles. The van der Waals surface area contributed by atoms with E-state index in [0.717, 1.165) is 18.4 Å². The Kier molecular flexibility index (Phi) is 4.11. The fraction of sp³-hybridized carbons (Fsp3) is 0.455. The van der Waals surface area contributed by atoms with E-state index in [1.54, 1.807) is 6.08 Å². The van der Waals surface area contributed by atoms with Crippen molar-refractivity contribution >= 4 is 11.8 Å². The van der Waals surface area contributed by atoms with Crippen LogP contribution in [0.4, 0.5) is 0 Å². The molecule has 0 aromatic heterocycles. The van der Waals surface area contributed by atoms with Crippen LogP contribution < -0.4 is 0 Å². The first-order valence-electron chi connectivity index (χ1n) is 4.82. The van der Waals surface area contributed by atoms with Crippen molar-refractivity contribution < 1.29 is 14.7 Å². The Bertz CT molecular complexity index is 287. The SMILES string of the molecule is O=C(O)CCCC=CC1=CCCC1=O. The number of carboxylic acid groups (broad SMARTS) is 1. The van der Waals surface area contributed by atoms with E-state index in [4.69, 9.17) is 5.11 Å². The molecule has 0 spiro atoms. The molecule has 1 aliphatic carbocycles. The molecule has 3 heteroatoms. The molecule has 0 atom stereocenters. The first-order chi connectivity index (χ1) is 6.70. The topological polar surface area (TPSA) is 54.4 Å². The van der Waals surface area contributed by atoms with Crippen LogP contribution >= 0.6 is 0 Å². The second-order valence-corrected chi connectivity index (χ2v) is 3.31. The number of carbonyl (C=O) groups excluding carboxylic acids is 1. The van der Waals surface area contributed by atoms with Crippen LogP contribution in [0.1, 0.15) is 32.1 Å². The number of carboxylic acids is 1. The molecule has 76 valence electrons. The Labute approximate surface area is 83.1 Å². The van der Waals surface area contributed by atoms with Gasteiger partial charge in [-0.3, -0.25) is 9.59 Å². The molecule has 1 rings (SSSR count). The van der Waals surface area contributed by atoms with Crippen LogP contribution in [0.15, 0.2) is 23.8 Å². The Morgan fingerprint density at radius 2 is 2.36 bits per heavy atom. The zero-order valence-electron chi connectivity index (χ0n) is 8.03. The maximum atomic E-state index is 11.1. The predicted molar refractivity (Wildman–Crippen MR) is 53.0 cm³/mol. The number of unbranched alkanes of at least 4 members (excludes halogenated alkanes) is 1. The van der Waals surface area contributed by atoms with Gasteiger partial charge in [-0.15, -0.1) is 0 Å². The summed E-state index contributed by atoms with van der Waals surface area (Å²) in [4.78, 5) is 21.3. The molecule has 0 aliphatic heterocycles. The van der Waals surface area contributed by atoms with E-state index < -0.39 is 5.97 Å². The summed E-state index contributed by atoms with van der Waals surface area (Å²) in [6.07, 6.45) is 8.61. The van der Waals surface area contributed by atoms with E-state index in [1.807, 2.05) is 12.2 Å². The smallest absolute Gasteiger partial charge is 0.303 e. The van der Waals surface area contributed by atoms with E-state index in [-0.39, 0.29) is 12.2 Å². The molecule has 0 heterocycles. The lowest BCUT2D eigenvalue weighted by molar-refractivity contribution is -0.137. The van der Waals surface area contributed by atoms with Gasteiger partial charge >= 0.3 is 5.97 Å². The molecule has 0 saturated heterocycles. The summed E-state index contributed by atoms with van der Waals surface area (Å²) in [5.74, 6) is -0.575. The summed E-state index contributed by atoms with van der Waals surface area (Å²) in [6.45, 7) is 0. The van der Waals surface area contributed by atoms with Crippen LogP contribution in [-0.4, -0.2) is 16.9 Å². The minimum Gasteiger partial charge on any atom is -0.481 e. The van der Waals surface area contributed by atoms with Crippen molar-refractivity contribution in [1.82, 2.24) is 0 Å². The van der Waals surface area contributed by atoms with Gasteiger partial charge in [0.2, 0.25) is 0 Å². The molecule has 3 nitrogen and oxygen atoms in total. The summed E-state index contributed by atoms with van der Waals surface area (Å²) in [5, 5.41) is 8.38.